The van der Waals surface area contributed by atoms with Crippen LogP contribution in [0.4, 0.5) is 0 Å². The molecule has 0 heterocycles. The molecule has 0 aliphatic carbocycles. The van der Waals surface area contributed by atoms with Crippen molar-refractivity contribution in [2.75, 3.05) is 7.11 Å². The maximum Gasteiger partial charge on any atom is 0.242 e. The number of carbonyl (C=O) groups is 1. The van der Waals surface area contributed by atoms with E-state index >= 15 is 0 Å². The minimum atomic E-state index is -0.620. The number of hydrogen-bond acceptors (Lipinski definition) is 2. The molecule has 1 amide bonds. The Morgan fingerprint density at radius 3 is 2.81 bits per heavy atom. The average molecular weight is 217 g/mol. The fraction of sp³-hybridized carbons (Fsp3) is 0.182. The summed E-state index contributed by atoms with van der Waals surface area (Å²) in [5.41, 5.74) is 9.59. The zero-order chi connectivity index (χ0) is 12.0. The van der Waals surface area contributed by atoms with Crippen LogP contribution in [0, 0.1) is 0 Å². The summed E-state index contributed by atoms with van der Waals surface area (Å²) in [5, 5.41) is 2.97. The number of nitrogens with zero attached hydrogens (tertiary/aromatic N) is 3. The highest BCUT2D eigenvalue weighted by atomic mass is 16.5. The highest BCUT2D eigenvalue weighted by molar-refractivity contribution is 5.95. The van der Waals surface area contributed by atoms with Gasteiger partial charge in [0.15, 0.2) is 0 Å². The van der Waals surface area contributed by atoms with Gasteiger partial charge in [0, 0.05) is 10.5 Å². The highest BCUT2D eigenvalue weighted by Crippen LogP contribution is 2.24. The normalized spacial score (nSPS) is 10.5. The molecule has 16 heavy (non-hydrogen) atoms. The summed E-state index contributed by atoms with van der Waals surface area (Å²) in [4.78, 5) is 13.5. The maximum absolute atomic E-state index is 11.1. The van der Waals surface area contributed by atoms with Crippen LogP contribution in [0.1, 0.15) is 12.5 Å². The Morgan fingerprint density at radius 2 is 2.19 bits per heavy atom. The quantitative estimate of drug-likeness (QED) is 0.338. The molecule has 0 atom stereocenters. The molecule has 5 heteroatoms. The van der Waals surface area contributed by atoms with Gasteiger partial charge in [0.1, 0.15) is 5.75 Å². The molecule has 82 valence electrons. The zero-order valence-electron chi connectivity index (χ0n) is 9.04. The number of para-hydroxylation sites is 1. The van der Waals surface area contributed by atoms with Crippen molar-refractivity contribution in [3.05, 3.63) is 46.3 Å². The van der Waals surface area contributed by atoms with Crippen molar-refractivity contribution in [2.24, 2.45) is 5.11 Å². The average Bonchev–Trinajstić information content (AvgIpc) is 2.29. The molecule has 0 unspecified atom stereocenters. The molecule has 0 radical (unpaired) electrons. The molecule has 1 rings (SSSR count). The summed E-state index contributed by atoms with van der Waals surface area (Å²) in [5.74, 6) is 0.0518. The van der Waals surface area contributed by atoms with Gasteiger partial charge in [-0.1, -0.05) is 18.2 Å². The topological polar surface area (TPSA) is 75.1 Å². The van der Waals surface area contributed by atoms with Gasteiger partial charge in [-0.05, 0) is 35.3 Å². The van der Waals surface area contributed by atoms with Crippen molar-refractivity contribution in [2.45, 2.75) is 6.92 Å². The first-order valence-corrected chi connectivity index (χ1v) is 4.59. The van der Waals surface area contributed by atoms with Crippen LogP contribution >= 0.6 is 0 Å². The van der Waals surface area contributed by atoms with E-state index in [0.29, 0.717) is 11.3 Å². The molecule has 0 N–H and O–H groups in total. The number of allylic oxidation sites excluding steroid dienone is 1. The summed E-state index contributed by atoms with van der Waals surface area (Å²) in [7, 11) is 1.56. The maximum atomic E-state index is 11.1. The van der Waals surface area contributed by atoms with Gasteiger partial charge in [0.2, 0.25) is 5.91 Å². The molecular formula is C11H11N3O2. The van der Waals surface area contributed by atoms with Crippen molar-refractivity contribution in [3.63, 3.8) is 0 Å². The molecular weight excluding hydrogens is 206 g/mol. The van der Waals surface area contributed by atoms with Crippen LogP contribution in [-0.2, 0) is 4.79 Å². The third-order valence-corrected chi connectivity index (χ3v) is 2.02. The second-order valence-electron chi connectivity index (χ2n) is 3.06. The van der Waals surface area contributed by atoms with Crippen LogP contribution in [0.3, 0.4) is 0 Å². The third kappa shape index (κ3) is 2.87. The van der Waals surface area contributed by atoms with Gasteiger partial charge in [-0.2, -0.15) is 0 Å². The Morgan fingerprint density at radius 1 is 1.50 bits per heavy atom. The minimum absolute atomic E-state index is 0.620. The van der Waals surface area contributed by atoms with Crippen molar-refractivity contribution < 1.29 is 9.53 Å². The second kappa shape index (κ2) is 5.58. The van der Waals surface area contributed by atoms with Crippen LogP contribution < -0.4 is 4.74 Å². The lowest BCUT2D eigenvalue weighted by Crippen LogP contribution is -1.92. The third-order valence-electron chi connectivity index (χ3n) is 2.02. The first-order valence-electron chi connectivity index (χ1n) is 4.59. The first kappa shape index (κ1) is 11.8. The Labute approximate surface area is 93.0 Å². The monoisotopic (exact) mass is 217 g/mol. The van der Waals surface area contributed by atoms with E-state index in [4.69, 9.17) is 10.3 Å². The molecule has 0 bridgehead atoms. The minimum Gasteiger partial charge on any atom is -0.496 e. The summed E-state index contributed by atoms with van der Waals surface area (Å²) < 4.78 is 5.15. The summed E-state index contributed by atoms with van der Waals surface area (Å²) >= 11 is 0. The van der Waals surface area contributed by atoms with Gasteiger partial charge in [-0.25, -0.2) is 0 Å². The molecule has 0 spiro atoms. The SMILES string of the molecule is COc1ccccc1/C(C)=C/C(=O)N=[N+]=[N-]. The number of rotatable bonds is 3. The fourth-order valence-corrected chi connectivity index (χ4v) is 1.31. The lowest BCUT2D eigenvalue weighted by molar-refractivity contribution is -0.113. The number of benzene rings is 1. The van der Waals surface area contributed by atoms with Crippen LogP contribution in [0.2, 0.25) is 0 Å². The molecule has 1 aromatic carbocycles. The van der Waals surface area contributed by atoms with Gasteiger partial charge in [-0.3, -0.25) is 4.79 Å². The predicted molar refractivity (Wildman–Crippen MR) is 60.8 cm³/mol. The number of hydrogen-bond donors (Lipinski definition) is 0. The van der Waals surface area contributed by atoms with Crippen LogP contribution in [0.25, 0.3) is 16.0 Å². The largest absolute Gasteiger partial charge is 0.496 e. The number of carbonyl (C=O) groups excluding carboxylic acids is 1. The van der Waals surface area contributed by atoms with Gasteiger partial charge < -0.3 is 4.74 Å². The number of ether oxygens (including phenoxy) is 1. The number of methoxy groups -OCH3 is 1. The molecule has 0 aromatic heterocycles. The highest BCUT2D eigenvalue weighted by Gasteiger charge is 2.04. The Hall–Kier alpha value is -2.26. The summed E-state index contributed by atoms with van der Waals surface area (Å²) in [6.45, 7) is 1.75. The number of amides is 1. The summed E-state index contributed by atoms with van der Waals surface area (Å²) in [6, 6.07) is 7.30. The lowest BCUT2D eigenvalue weighted by Gasteiger charge is -2.07. The lowest BCUT2D eigenvalue weighted by atomic mass is 10.1. The van der Waals surface area contributed by atoms with Crippen molar-refractivity contribution in [3.8, 4) is 5.75 Å². The van der Waals surface area contributed by atoms with Crippen LogP contribution in [0.15, 0.2) is 35.5 Å². The first-order chi connectivity index (χ1) is 7.69. The van der Waals surface area contributed by atoms with E-state index in [1.165, 1.54) is 6.08 Å². The summed E-state index contributed by atoms with van der Waals surface area (Å²) in [6.07, 6.45) is 1.28. The smallest absolute Gasteiger partial charge is 0.242 e. The van der Waals surface area contributed by atoms with Gasteiger partial charge >= 0.3 is 0 Å². The van der Waals surface area contributed by atoms with Crippen LogP contribution in [-0.4, -0.2) is 13.0 Å². The van der Waals surface area contributed by atoms with E-state index in [1.54, 1.807) is 20.1 Å². The predicted octanol–water partition coefficient (Wildman–Crippen LogP) is 2.94. The standard InChI is InChI=1S/C11H11N3O2/c1-8(7-11(15)13-14-12)9-5-3-4-6-10(9)16-2/h3-7H,1-2H3/b8-7+. The fourth-order valence-electron chi connectivity index (χ4n) is 1.31. The van der Waals surface area contributed by atoms with Crippen molar-refractivity contribution in [1.82, 2.24) is 0 Å². The van der Waals surface area contributed by atoms with Crippen molar-refractivity contribution >= 4 is 11.5 Å². The molecule has 0 fully saturated rings. The van der Waals surface area contributed by atoms with Gasteiger partial charge in [0.05, 0.1) is 7.11 Å². The molecule has 0 saturated carbocycles. The van der Waals surface area contributed by atoms with Crippen molar-refractivity contribution in [1.29, 1.82) is 0 Å². The van der Waals surface area contributed by atoms with E-state index in [1.807, 2.05) is 18.2 Å². The Balaban J connectivity index is 3.08. The Kier molecular flexibility index (Phi) is 4.12. The van der Waals surface area contributed by atoms with E-state index < -0.39 is 5.91 Å². The van der Waals surface area contributed by atoms with E-state index in [9.17, 15) is 4.79 Å². The molecule has 0 aliphatic rings. The van der Waals surface area contributed by atoms with E-state index in [2.05, 4.69) is 10.0 Å². The van der Waals surface area contributed by atoms with Crippen LogP contribution in [0.5, 0.6) is 5.75 Å². The zero-order valence-corrected chi connectivity index (χ0v) is 9.04. The second-order valence-corrected chi connectivity index (χ2v) is 3.06. The Bertz CT molecular complexity index is 474. The molecule has 1 aromatic rings. The number of azide groups is 1. The molecule has 0 saturated heterocycles. The van der Waals surface area contributed by atoms with E-state index in [-0.39, 0.29) is 0 Å². The molecule has 5 nitrogen and oxygen atoms in total. The van der Waals surface area contributed by atoms with Gasteiger partial charge in [-0.15, -0.1) is 0 Å². The van der Waals surface area contributed by atoms with Gasteiger partial charge in [0.25, 0.3) is 0 Å². The molecule has 0 aliphatic heterocycles. The van der Waals surface area contributed by atoms with E-state index in [0.717, 1.165) is 5.56 Å².